The quantitative estimate of drug-likeness (QED) is 0.517. The Morgan fingerprint density at radius 1 is 1.26 bits per heavy atom. The Labute approximate surface area is 166 Å². The molecule has 0 spiro atoms. The van der Waals surface area contributed by atoms with E-state index in [1.807, 2.05) is 56.5 Å². The molecule has 0 saturated carbocycles. The van der Waals surface area contributed by atoms with E-state index < -0.39 is 0 Å². The number of carbonyl (C=O) groups excluding carboxylic acids is 1. The van der Waals surface area contributed by atoms with Crippen molar-refractivity contribution < 1.29 is 4.79 Å². The first-order chi connectivity index (χ1) is 12.8. The summed E-state index contributed by atoms with van der Waals surface area (Å²) in [5.74, 6) is 7.37. The van der Waals surface area contributed by atoms with Gasteiger partial charge in [-0.1, -0.05) is 50.7 Å². The maximum atomic E-state index is 12.1. The van der Waals surface area contributed by atoms with Gasteiger partial charge in [-0.3, -0.25) is 9.69 Å². The lowest BCUT2D eigenvalue weighted by Crippen LogP contribution is -2.24. The van der Waals surface area contributed by atoms with Gasteiger partial charge in [-0.15, -0.1) is 21.5 Å². The predicted molar refractivity (Wildman–Crippen MR) is 110 cm³/mol. The molecule has 0 bridgehead atoms. The molecule has 0 radical (unpaired) electrons. The number of hydrogen-bond acceptors (Lipinski definition) is 7. The van der Waals surface area contributed by atoms with Crippen LogP contribution in [0.5, 0.6) is 0 Å². The van der Waals surface area contributed by atoms with E-state index in [1.165, 1.54) is 34.7 Å². The van der Waals surface area contributed by atoms with Gasteiger partial charge in [-0.2, -0.15) is 0 Å². The molecule has 0 unspecified atom stereocenters. The highest BCUT2D eigenvalue weighted by molar-refractivity contribution is 7.98. The Morgan fingerprint density at radius 3 is 2.56 bits per heavy atom. The van der Waals surface area contributed by atoms with Crippen LogP contribution in [0.1, 0.15) is 39.2 Å². The van der Waals surface area contributed by atoms with Crippen molar-refractivity contribution in [2.75, 3.05) is 10.7 Å². The average molecular weight is 403 g/mol. The van der Waals surface area contributed by atoms with Gasteiger partial charge >= 0.3 is 0 Å². The summed E-state index contributed by atoms with van der Waals surface area (Å²) >= 11 is 2.91. The van der Waals surface area contributed by atoms with Crippen LogP contribution in [0.3, 0.4) is 0 Å². The molecule has 1 aromatic carbocycles. The van der Waals surface area contributed by atoms with Crippen molar-refractivity contribution >= 4 is 39.8 Å². The SMILES string of the molecule is CC(=O)N(c1ccccc1)c1nc(CSc2nnc(C(C)(C)C)n2N)cs1. The molecule has 0 aliphatic carbocycles. The minimum Gasteiger partial charge on any atom is -0.336 e. The molecule has 3 rings (SSSR count). The van der Waals surface area contributed by atoms with Gasteiger partial charge in [0.2, 0.25) is 11.1 Å². The normalized spacial score (nSPS) is 11.6. The maximum Gasteiger partial charge on any atom is 0.230 e. The molecule has 3 aromatic rings. The number of nitrogen functional groups attached to an aromatic ring is 1. The van der Waals surface area contributed by atoms with E-state index in [0.29, 0.717) is 16.0 Å². The molecule has 142 valence electrons. The number of rotatable bonds is 5. The number of benzene rings is 1. The smallest absolute Gasteiger partial charge is 0.230 e. The van der Waals surface area contributed by atoms with Gasteiger partial charge in [0.05, 0.1) is 11.4 Å². The highest BCUT2D eigenvalue weighted by atomic mass is 32.2. The molecule has 0 atom stereocenters. The van der Waals surface area contributed by atoms with Crippen LogP contribution in [-0.2, 0) is 16.0 Å². The number of carbonyl (C=O) groups is 1. The second kappa shape index (κ2) is 7.69. The van der Waals surface area contributed by atoms with Crippen molar-refractivity contribution in [1.29, 1.82) is 0 Å². The van der Waals surface area contributed by atoms with Crippen molar-refractivity contribution in [2.24, 2.45) is 0 Å². The van der Waals surface area contributed by atoms with Crippen LogP contribution in [-0.4, -0.2) is 25.8 Å². The fraction of sp³-hybridized carbons (Fsp3) is 0.333. The van der Waals surface area contributed by atoms with E-state index in [9.17, 15) is 4.79 Å². The maximum absolute atomic E-state index is 12.1. The molecule has 2 N–H and O–H groups in total. The molecule has 2 aromatic heterocycles. The summed E-state index contributed by atoms with van der Waals surface area (Å²) in [7, 11) is 0. The van der Waals surface area contributed by atoms with Crippen LogP contribution in [0.25, 0.3) is 0 Å². The number of thiazole rings is 1. The predicted octanol–water partition coefficient (Wildman–Crippen LogP) is 3.72. The lowest BCUT2D eigenvalue weighted by molar-refractivity contribution is -0.115. The number of amides is 1. The molecule has 7 nitrogen and oxygen atoms in total. The highest BCUT2D eigenvalue weighted by Crippen LogP contribution is 2.31. The zero-order valence-corrected chi connectivity index (χ0v) is 17.3. The fourth-order valence-electron chi connectivity index (χ4n) is 2.49. The summed E-state index contributed by atoms with van der Waals surface area (Å²) in [6, 6.07) is 9.50. The molecule has 0 saturated heterocycles. The summed E-state index contributed by atoms with van der Waals surface area (Å²) in [5, 5.41) is 11.6. The largest absolute Gasteiger partial charge is 0.336 e. The molecule has 27 heavy (non-hydrogen) atoms. The number of nitrogens with zero attached hydrogens (tertiary/aromatic N) is 5. The minimum absolute atomic E-state index is 0.0775. The monoisotopic (exact) mass is 402 g/mol. The van der Waals surface area contributed by atoms with Crippen molar-refractivity contribution in [2.45, 2.75) is 44.0 Å². The number of hydrogen-bond donors (Lipinski definition) is 1. The summed E-state index contributed by atoms with van der Waals surface area (Å²) in [6.45, 7) is 7.66. The van der Waals surface area contributed by atoms with E-state index in [4.69, 9.17) is 5.84 Å². The van der Waals surface area contributed by atoms with Gasteiger partial charge in [0.15, 0.2) is 11.0 Å². The van der Waals surface area contributed by atoms with Crippen LogP contribution >= 0.6 is 23.1 Å². The molecular weight excluding hydrogens is 380 g/mol. The van der Waals surface area contributed by atoms with Gasteiger partial charge in [-0.25, -0.2) is 9.66 Å². The van der Waals surface area contributed by atoms with Crippen LogP contribution in [0.2, 0.25) is 0 Å². The number of anilines is 2. The Kier molecular flexibility index (Phi) is 5.52. The summed E-state index contributed by atoms with van der Waals surface area (Å²) in [4.78, 5) is 18.4. The van der Waals surface area contributed by atoms with E-state index in [1.54, 1.807) is 4.90 Å². The standard InChI is InChI=1S/C18H22N6OS2/c1-12(25)23(14-8-6-5-7-9-14)16-20-13(10-26-16)11-27-17-22-21-15(24(17)19)18(2,3)4/h5-10H,11,19H2,1-4H3. The van der Waals surface area contributed by atoms with E-state index >= 15 is 0 Å². The van der Waals surface area contributed by atoms with E-state index in [-0.39, 0.29) is 11.3 Å². The third kappa shape index (κ3) is 4.30. The van der Waals surface area contributed by atoms with Gasteiger partial charge in [0.1, 0.15) is 0 Å². The van der Waals surface area contributed by atoms with Crippen molar-refractivity contribution in [3.05, 3.63) is 47.2 Å². The molecule has 9 heteroatoms. The Hall–Kier alpha value is -2.39. The minimum atomic E-state index is -0.175. The van der Waals surface area contributed by atoms with E-state index in [0.717, 1.165) is 17.2 Å². The van der Waals surface area contributed by atoms with E-state index in [2.05, 4.69) is 15.2 Å². The zero-order valence-electron chi connectivity index (χ0n) is 15.7. The topological polar surface area (TPSA) is 89.9 Å². The Bertz CT molecular complexity index is 929. The highest BCUT2D eigenvalue weighted by Gasteiger charge is 2.23. The second-order valence-corrected chi connectivity index (χ2v) is 8.81. The molecule has 2 heterocycles. The number of para-hydroxylation sites is 1. The Balaban J connectivity index is 1.75. The molecular formula is C18H22N6OS2. The van der Waals surface area contributed by atoms with Gasteiger partial charge in [0.25, 0.3) is 0 Å². The van der Waals surface area contributed by atoms with Crippen molar-refractivity contribution in [3.63, 3.8) is 0 Å². The summed E-state index contributed by atoms with van der Waals surface area (Å²) in [6.07, 6.45) is 0. The Morgan fingerprint density at radius 2 is 1.96 bits per heavy atom. The van der Waals surface area contributed by atoms with Gasteiger partial charge in [0, 0.05) is 23.5 Å². The summed E-state index contributed by atoms with van der Waals surface area (Å²) < 4.78 is 1.53. The lowest BCUT2D eigenvalue weighted by atomic mass is 9.96. The third-order valence-corrected chi connectivity index (χ3v) is 5.60. The number of nitrogens with two attached hydrogens (primary N) is 1. The number of aromatic nitrogens is 4. The van der Waals surface area contributed by atoms with Crippen LogP contribution < -0.4 is 10.7 Å². The van der Waals surface area contributed by atoms with Crippen molar-refractivity contribution in [1.82, 2.24) is 19.9 Å². The lowest BCUT2D eigenvalue weighted by Gasteiger charge is -2.17. The van der Waals surface area contributed by atoms with Crippen molar-refractivity contribution in [3.8, 4) is 0 Å². The first-order valence-electron chi connectivity index (χ1n) is 8.41. The molecule has 0 aliphatic heterocycles. The average Bonchev–Trinajstić information content (AvgIpc) is 3.20. The van der Waals surface area contributed by atoms with Crippen LogP contribution in [0, 0.1) is 0 Å². The van der Waals surface area contributed by atoms with Gasteiger partial charge in [-0.05, 0) is 12.1 Å². The third-order valence-electron chi connectivity index (χ3n) is 3.74. The summed E-state index contributed by atoms with van der Waals surface area (Å²) in [5.41, 5.74) is 1.49. The first-order valence-corrected chi connectivity index (χ1v) is 10.3. The molecule has 1 amide bonds. The van der Waals surface area contributed by atoms with Crippen LogP contribution in [0.15, 0.2) is 40.9 Å². The molecule has 0 fully saturated rings. The fourth-order valence-corrected chi connectivity index (χ4v) is 4.24. The number of thioether (sulfide) groups is 1. The van der Waals surface area contributed by atoms with Gasteiger partial charge < -0.3 is 5.84 Å². The first kappa shape index (κ1) is 19.4. The molecule has 0 aliphatic rings. The second-order valence-electron chi connectivity index (χ2n) is 7.03. The van der Waals surface area contributed by atoms with Crippen LogP contribution in [0.4, 0.5) is 10.8 Å². The zero-order chi connectivity index (χ0) is 19.6.